The molecule has 0 saturated carbocycles. The van der Waals surface area contributed by atoms with Crippen molar-refractivity contribution in [2.45, 2.75) is 32.5 Å². The molecule has 0 aromatic heterocycles. The summed E-state index contributed by atoms with van der Waals surface area (Å²) in [5.74, 6) is 0. The second-order valence-electron chi connectivity index (χ2n) is 4.13. The molecule has 1 N–H and O–H groups in total. The van der Waals surface area contributed by atoms with Crippen LogP contribution in [-0.4, -0.2) is 37.4 Å². The highest BCUT2D eigenvalue weighted by molar-refractivity contribution is 5.72. The quantitative estimate of drug-likeness (QED) is 0.588. The van der Waals surface area contributed by atoms with Gasteiger partial charge in [0.05, 0.1) is 0 Å². The van der Waals surface area contributed by atoms with E-state index in [2.05, 4.69) is 12.1 Å². The van der Waals surface area contributed by atoms with E-state index in [9.17, 15) is 4.79 Å². The molecule has 92 valence electrons. The summed E-state index contributed by atoms with van der Waals surface area (Å²) >= 11 is 0. The molecule has 5 heteroatoms. The van der Waals surface area contributed by atoms with Crippen LogP contribution in [0.25, 0.3) is 0 Å². The molecule has 0 unspecified atom stereocenters. The van der Waals surface area contributed by atoms with E-state index in [-0.39, 0.29) is 12.3 Å². The van der Waals surface area contributed by atoms with Crippen LogP contribution < -0.4 is 5.48 Å². The summed E-state index contributed by atoms with van der Waals surface area (Å²) in [7, 11) is 1.69. The third kappa shape index (κ3) is 4.63. The fraction of sp³-hybridized carbons (Fsp3) is 0.727. The van der Waals surface area contributed by atoms with E-state index in [4.69, 9.17) is 9.57 Å². The molecule has 0 radical (unpaired) electrons. The second kappa shape index (κ2) is 6.50. The summed E-state index contributed by atoms with van der Waals surface area (Å²) in [6.45, 7) is 6.82. The molecule has 1 atom stereocenters. The maximum absolute atomic E-state index is 11.5. The van der Waals surface area contributed by atoms with Gasteiger partial charge < -0.3 is 9.64 Å². The van der Waals surface area contributed by atoms with Crippen LogP contribution in [-0.2, 0) is 9.57 Å². The van der Waals surface area contributed by atoms with Crippen molar-refractivity contribution in [1.29, 1.82) is 0 Å². The van der Waals surface area contributed by atoms with E-state index in [0.717, 1.165) is 24.8 Å². The fourth-order valence-corrected chi connectivity index (χ4v) is 1.47. The van der Waals surface area contributed by atoms with E-state index in [0.29, 0.717) is 13.2 Å². The van der Waals surface area contributed by atoms with Gasteiger partial charge in [-0.2, -0.15) is 0 Å². The zero-order valence-electron chi connectivity index (χ0n) is 9.99. The zero-order chi connectivity index (χ0) is 12.0. The minimum atomic E-state index is -0.309. The largest absolute Gasteiger partial charge is 0.350 e. The molecule has 1 aliphatic rings. The summed E-state index contributed by atoms with van der Waals surface area (Å²) in [5.41, 5.74) is 3.30. The van der Waals surface area contributed by atoms with Crippen LogP contribution in [0.3, 0.4) is 0 Å². The molecule has 0 bridgehead atoms. The number of ether oxygens (including phenoxy) is 1. The normalized spacial score (nSPS) is 20.2. The zero-order valence-corrected chi connectivity index (χ0v) is 9.99. The average Bonchev–Trinajstić information content (AvgIpc) is 2.26. The second-order valence-corrected chi connectivity index (χ2v) is 4.13. The first-order valence-electron chi connectivity index (χ1n) is 5.52. The number of likely N-dealkylation sites (N-methyl/N-ethyl adjacent to an activating group) is 1. The van der Waals surface area contributed by atoms with Gasteiger partial charge in [0, 0.05) is 26.6 Å². The monoisotopic (exact) mass is 228 g/mol. The number of nitrogens with zero attached hydrogens (tertiary/aromatic N) is 1. The Bertz CT molecular complexity index is 250. The van der Waals surface area contributed by atoms with Gasteiger partial charge in [-0.1, -0.05) is 12.2 Å². The Labute approximate surface area is 96.3 Å². The molecule has 0 aromatic rings. The molecule has 5 nitrogen and oxygen atoms in total. The lowest BCUT2D eigenvalue weighted by Gasteiger charge is -2.24. The Morgan fingerprint density at radius 2 is 2.38 bits per heavy atom. The van der Waals surface area contributed by atoms with Gasteiger partial charge in [-0.3, -0.25) is 0 Å². The molecule has 0 aromatic carbocycles. The molecule has 0 aliphatic carbocycles. The van der Waals surface area contributed by atoms with E-state index in [1.54, 1.807) is 7.05 Å². The third-order valence-electron chi connectivity index (χ3n) is 2.27. The molecule has 0 spiro atoms. The van der Waals surface area contributed by atoms with E-state index in [1.165, 1.54) is 4.90 Å². The number of amides is 2. The van der Waals surface area contributed by atoms with Crippen molar-refractivity contribution >= 4 is 6.03 Å². The molecular formula is C11H20N2O3. The summed E-state index contributed by atoms with van der Waals surface area (Å²) in [4.78, 5) is 18.2. The summed E-state index contributed by atoms with van der Waals surface area (Å²) in [6, 6.07) is -0.280. The van der Waals surface area contributed by atoms with E-state index >= 15 is 0 Å². The molecule has 1 heterocycles. The highest BCUT2D eigenvalue weighted by atomic mass is 16.8. The minimum Gasteiger partial charge on any atom is -0.350 e. The molecule has 1 fully saturated rings. The van der Waals surface area contributed by atoms with E-state index < -0.39 is 0 Å². The standard InChI is InChI=1S/C11H20N2O3/c1-9(2)8-13(3)11(14)12-16-10-6-4-5-7-15-10/h10H,1,4-8H2,2-3H3,(H,12,14)/t10-/m0/s1. The highest BCUT2D eigenvalue weighted by Crippen LogP contribution is 2.12. The summed E-state index contributed by atoms with van der Waals surface area (Å²) in [5, 5.41) is 0. The molecular weight excluding hydrogens is 208 g/mol. The first-order valence-corrected chi connectivity index (χ1v) is 5.52. The average molecular weight is 228 g/mol. The number of hydrogen-bond donors (Lipinski definition) is 1. The number of carbonyl (C=O) groups excluding carboxylic acids is 1. The van der Waals surface area contributed by atoms with Gasteiger partial charge in [-0.15, -0.1) is 0 Å². The van der Waals surface area contributed by atoms with Crippen LogP contribution >= 0.6 is 0 Å². The van der Waals surface area contributed by atoms with E-state index in [1.807, 2.05) is 6.92 Å². The first-order chi connectivity index (χ1) is 7.59. The predicted octanol–water partition coefficient (Wildman–Crippen LogP) is 1.66. The Balaban J connectivity index is 2.20. The number of hydroxylamine groups is 1. The van der Waals surface area contributed by atoms with Crippen molar-refractivity contribution < 1.29 is 14.4 Å². The van der Waals surface area contributed by atoms with Crippen molar-refractivity contribution in [2.75, 3.05) is 20.2 Å². The van der Waals surface area contributed by atoms with Crippen molar-refractivity contribution in [3.05, 3.63) is 12.2 Å². The maximum atomic E-state index is 11.5. The van der Waals surface area contributed by atoms with Gasteiger partial charge in [0.15, 0.2) is 6.29 Å². The van der Waals surface area contributed by atoms with Crippen molar-refractivity contribution in [2.24, 2.45) is 0 Å². The summed E-state index contributed by atoms with van der Waals surface area (Å²) < 4.78 is 5.32. The topological polar surface area (TPSA) is 50.8 Å². The van der Waals surface area contributed by atoms with Crippen LogP contribution in [0, 0.1) is 0 Å². The molecule has 1 aliphatic heterocycles. The Morgan fingerprint density at radius 1 is 1.62 bits per heavy atom. The summed E-state index contributed by atoms with van der Waals surface area (Å²) in [6.07, 6.45) is 2.65. The minimum absolute atomic E-state index is 0.280. The molecule has 2 amide bonds. The maximum Gasteiger partial charge on any atom is 0.341 e. The van der Waals surface area contributed by atoms with Gasteiger partial charge in [-0.05, 0) is 19.8 Å². The van der Waals surface area contributed by atoms with Crippen LogP contribution in [0.4, 0.5) is 4.79 Å². The SMILES string of the molecule is C=C(C)CN(C)C(=O)NO[C@H]1CCCCO1. The van der Waals surface area contributed by atoms with Gasteiger partial charge >= 0.3 is 6.03 Å². The number of hydrogen-bond acceptors (Lipinski definition) is 3. The Hall–Kier alpha value is -1.07. The number of urea groups is 1. The third-order valence-corrected chi connectivity index (χ3v) is 2.27. The number of carbonyl (C=O) groups is 1. The van der Waals surface area contributed by atoms with Crippen molar-refractivity contribution in [1.82, 2.24) is 10.4 Å². The Kier molecular flexibility index (Phi) is 5.28. The van der Waals surface area contributed by atoms with Gasteiger partial charge in [0.1, 0.15) is 0 Å². The van der Waals surface area contributed by atoms with Crippen LogP contribution in [0.1, 0.15) is 26.2 Å². The molecule has 1 saturated heterocycles. The van der Waals surface area contributed by atoms with Crippen molar-refractivity contribution in [3.8, 4) is 0 Å². The fourth-order valence-electron chi connectivity index (χ4n) is 1.47. The van der Waals surface area contributed by atoms with Crippen LogP contribution in [0.5, 0.6) is 0 Å². The smallest absolute Gasteiger partial charge is 0.341 e. The molecule has 16 heavy (non-hydrogen) atoms. The van der Waals surface area contributed by atoms with Crippen LogP contribution in [0.15, 0.2) is 12.2 Å². The van der Waals surface area contributed by atoms with Gasteiger partial charge in [0.2, 0.25) is 0 Å². The lowest BCUT2D eigenvalue weighted by molar-refractivity contribution is -0.187. The van der Waals surface area contributed by atoms with Gasteiger partial charge in [-0.25, -0.2) is 15.1 Å². The molecule has 1 rings (SSSR count). The van der Waals surface area contributed by atoms with Crippen LogP contribution in [0.2, 0.25) is 0 Å². The van der Waals surface area contributed by atoms with Gasteiger partial charge in [0.25, 0.3) is 0 Å². The lowest BCUT2D eigenvalue weighted by Crippen LogP contribution is -2.41. The number of nitrogens with one attached hydrogen (secondary N) is 1. The number of rotatable bonds is 4. The predicted molar refractivity (Wildman–Crippen MR) is 60.7 cm³/mol. The Morgan fingerprint density at radius 3 is 2.94 bits per heavy atom. The lowest BCUT2D eigenvalue weighted by atomic mass is 10.2. The highest BCUT2D eigenvalue weighted by Gasteiger charge is 2.16. The van der Waals surface area contributed by atoms with Crippen molar-refractivity contribution in [3.63, 3.8) is 0 Å². The first kappa shape index (κ1) is 13.0.